The molecule has 0 spiro atoms. The van der Waals surface area contributed by atoms with Crippen molar-refractivity contribution in [2.24, 2.45) is 5.92 Å². The van der Waals surface area contributed by atoms with Crippen LogP contribution in [0.25, 0.3) is 0 Å². The van der Waals surface area contributed by atoms with Gasteiger partial charge in [0.05, 0.1) is 6.42 Å². The van der Waals surface area contributed by atoms with Gasteiger partial charge < -0.3 is 4.74 Å². The highest BCUT2D eigenvalue weighted by Gasteiger charge is 2.17. The van der Waals surface area contributed by atoms with Crippen LogP contribution >= 0.6 is 0 Å². The summed E-state index contributed by atoms with van der Waals surface area (Å²) in [5.74, 6) is 0.137. The highest BCUT2D eigenvalue weighted by atomic mass is 16.6. The van der Waals surface area contributed by atoms with Crippen LogP contribution in [0.4, 0.5) is 0 Å². The average Bonchev–Trinajstić information content (AvgIpc) is 1.81. The van der Waals surface area contributed by atoms with Crippen molar-refractivity contribution in [1.29, 1.82) is 0 Å². The standard InChI is InChI=1S/C11H20O2/c1-6-7-9(2)8-10(12)13-11(3,4)5/h6-7,9H,8H2,1-5H3. The lowest BCUT2D eigenvalue weighted by Crippen LogP contribution is -2.24. The fraction of sp³-hybridized carbons (Fsp3) is 0.727. The minimum absolute atomic E-state index is 0.127. The third-order valence-electron chi connectivity index (χ3n) is 1.43. The van der Waals surface area contributed by atoms with Crippen molar-refractivity contribution in [3.05, 3.63) is 12.2 Å². The van der Waals surface area contributed by atoms with E-state index in [1.807, 2.05) is 46.8 Å². The molecule has 0 radical (unpaired) electrons. The van der Waals surface area contributed by atoms with E-state index in [1.54, 1.807) is 0 Å². The molecule has 0 bridgehead atoms. The van der Waals surface area contributed by atoms with Gasteiger partial charge in [-0.3, -0.25) is 4.79 Å². The first-order valence-electron chi connectivity index (χ1n) is 4.70. The Balaban J connectivity index is 3.88. The number of carbonyl (C=O) groups excluding carboxylic acids is 1. The van der Waals surface area contributed by atoms with Gasteiger partial charge in [-0.25, -0.2) is 0 Å². The summed E-state index contributed by atoms with van der Waals surface area (Å²) < 4.78 is 5.18. The second-order valence-electron chi connectivity index (χ2n) is 4.29. The van der Waals surface area contributed by atoms with Gasteiger partial charge in [0.1, 0.15) is 5.60 Å². The number of rotatable bonds is 3. The molecule has 76 valence electrons. The molecule has 0 aromatic rings. The Bertz CT molecular complexity index is 187. The molecule has 0 saturated heterocycles. The predicted octanol–water partition coefficient (Wildman–Crippen LogP) is 2.93. The topological polar surface area (TPSA) is 26.3 Å². The Morgan fingerprint density at radius 3 is 2.38 bits per heavy atom. The van der Waals surface area contributed by atoms with Gasteiger partial charge in [-0.15, -0.1) is 0 Å². The van der Waals surface area contributed by atoms with E-state index in [4.69, 9.17) is 4.74 Å². The summed E-state index contributed by atoms with van der Waals surface area (Å²) >= 11 is 0. The maximum Gasteiger partial charge on any atom is 0.306 e. The molecule has 0 aliphatic carbocycles. The maximum atomic E-state index is 11.3. The third kappa shape index (κ3) is 7.57. The van der Waals surface area contributed by atoms with Gasteiger partial charge in [0.2, 0.25) is 0 Å². The summed E-state index contributed by atoms with van der Waals surface area (Å²) in [7, 11) is 0. The van der Waals surface area contributed by atoms with E-state index < -0.39 is 0 Å². The Labute approximate surface area is 81.0 Å². The summed E-state index contributed by atoms with van der Waals surface area (Å²) in [6.07, 6.45) is 4.42. The van der Waals surface area contributed by atoms with Crippen LogP contribution in [0.1, 0.15) is 41.0 Å². The van der Waals surface area contributed by atoms with Gasteiger partial charge in [0, 0.05) is 0 Å². The van der Waals surface area contributed by atoms with Gasteiger partial charge in [0.15, 0.2) is 0 Å². The van der Waals surface area contributed by atoms with Crippen LogP contribution in [0.15, 0.2) is 12.2 Å². The van der Waals surface area contributed by atoms with Crippen molar-refractivity contribution in [1.82, 2.24) is 0 Å². The molecule has 0 amide bonds. The molecule has 13 heavy (non-hydrogen) atoms. The smallest absolute Gasteiger partial charge is 0.306 e. The first-order valence-corrected chi connectivity index (χ1v) is 4.70. The minimum Gasteiger partial charge on any atom is -0.460 e. The third-order valence-corrected chi connectivity index (χ3v) is 1.43. The Kier molecular flexibility index (Phi) is 4.74. The molecule has 2 heteroatoms. The molecule has 1 atom stereocenters. The summed E-state index contributed by atoms with van der Waals surface area (Å²) in [4.78, 5) is 11.3. The molecule has 0 aliphatic rings. The molecule has 0 aromatic heterocycles. The number of carbonyl (C=O) groups is 1. The predicted molar refractivity (Wildman–Crippen MR) is 54.4 cm³/mol. The highest BCUT2D eigenvalue weighted by Crippen LogP contribution is 2.12. The van der Waals surface area contributed by atoms with Crippen LogP contribution in [-0.2, 0) is 9.53 Å². The second kappa shape index (κ2) is 5.05. The number of esters is 1. The van der Waals surface area contributed by atoms with E-state index in [9.17, 15) is 4.79 Å². The molecule has 2 nitrogen and oxygen atoms in total. The number of ether oxygens (including phenoxy) is 1. The SMILES string of the molecule is CC=CC(C)CC(=O)OC(C)(C)C. The lowest BCUT2D eigenvalue weighted by Gasteiger charge is -2.20. The van der Waals surface area contributed by atoms with Gasteiger partial charge in [0.25, 0.3) is 0 Å². The summed E-state index contributed by atoms with van der Waals surface area (Å²) in [6, 6.07) is 0. The van der Waals surface area contributed by atoms with Crippen molar-refractivity contribution in [3.8, 4) is 0 Å². The number of allylic oxidation sites excluding steroid dienone is 2. The van der Waals surface area contributed by atoms with Crippen molar-refractivity contribution in [2.75, 3.05) is 0 Å². The fourth-order valence-electron chi connectivity index (χ4n) is 1.04. The zero-order valence-corrected chi connectivity index (χ0v) is 9.26. The second-order valence-corrected chi connectivity index (χ2v) is 4.29. The van der Waals surface area contributed by atoms with Crippen LogP contribution in [0.3, 0.4) is 0 Å². The van der Waals surface area contributed by atoms with Gasteiger partial charge in [-0.1, -0.05) is 19.1 Å². The monoisotopic (exact) mass is 184 g/mol. The molecule has 0 heterocycles. The lowest BCUT2D eigenvalue weighted by atomic mass is 10.1. The van der Waals surface area contributed by atoms with Gasteiger partial charge >= 0.3 is 5.97 Å². The average molecular weight is 184 g/mol. The Morgan fingerprint density at radius 2 is 2.00 bits per heavy atom. The van der Waals surface area contributed by atoms with E-state index in [0.29, 0.717) is 6.42 Å². The minimum atomic E-state index is -0.368. The van der Waals surface area contributed by atoms with E-state index in [2.05, 4.69) is 0 Å². The molecular formula is C11H20O2. The van der Waals surface area contributed by atoms with E-state index in [0.717, 1.165) is 0 Å². The zero-order chi connectivity index (χ0) is 10.5. The zero-order valence-electron chi connectivity index (χ0n) is 9.26. The van der Waals surface area contributed by atoms with E-state index in [1.165, 1.54) is 0 Å². The Morgan fingerprint density at radius 1 is 1.46 bits per heavy atom. The molecule has 0 saturated carbocycles. The van der Waals surface area contributed by atoms with Gasteiger partial charge in [-0.05, 0) is 33.6 Å². The highest BCUT2D eigenvalue weighted by molar-refractivity contribution is 5.70. The first kappa shape index (κ1) is 12.2. The number of hydrogen-bond donors (Lipinski definition) is 0. The molecule has 0 N–H and O–H groups in total. The molecule has 0 aromatic carbocycles. The van der Waals surface area contributed by atoms with Crippen molar-refractivity contribution in [2.45, 2.75) is 46.6 Å². The van der Waals surface area contributed by atoms with Crippen molar-refractivity contribution in [3.63, 3.8) is 0 Å². The van der Waals surface area contributed by atoms with E-state index in [-0.39, 0.29) is 17.5 Å². The van der Waals surface area contributed by atoms with Crippen LogP contribution in [-0.4, -0.2) is 11.6 Å². The van der Waals surface area contributed by atoms with Crippen molar-refractivity contribution >= 4 is 5.97 Å². The lowest BCUT2D eigenvalue weighted by molar-refractivity contribution is -0.155. The normalized spacial score (nSPS) is 14.5. The molecule has 0 fully saturated rings. The van der Waals surface area contributed by atoms with Gasteiger partial charge in [-0.2, -0.15) is 0 Å². The van der Waals surface area contributed by atoms with Crippen LogP contribution in [0.5, 0.6) is 0 Å². The maximum absolute atomic E-state index is 11.3. The molecule has 1 unspecified atom stereocenters. The molecule has 0 aliphatic heterocycles. The van der Waals surface area contributed by atoms with E-state index >= 15 is 0 Å². The van der Waals surface area contributed by atoms with Crippen LogP contribution in [0.2, 0.25) is 0 Å². The summed E-state index contributed by atoms with van der Waals surface area (Å²) in [5, 5.41) is 0. The summed E-state index contributed by atoms with van der Waals surface area (Å²) in [6.45, 7) is 9.59. The number of hydrogen-bond acceptors (Lipinski definition) is 2. The fourth-order valence-corrected chi connectivity index (χ4v) is 1.04. The van der Waals surface area contributed by atoms with Crippen LogP contribution in [0, 0.1) is 5.92 Å². The Hall–Kier alpha value is -0.790. The first-order chi connectivity index (χ1) is 5.85. The molecule has 0 rings (SSSR count). The quantitative estimate of drug-likeness (QED) is 0.498. The van der Waals surface area contributed by atoms with Crippen molar-refractivity contribution < 1.29 is 9.53 Å². The van der Waals surface area contributed by atoms with Crippen LogP contribution < -0.4 is 0 Å². The molecular weight excluding hydrogens is 164 g/mol. The summed E-state index contributed by atoms with van der Waals surface area (Å²) in [5.41, 5.74) is -0.368. The largest absolute Gasteiger partial charge is 0.460 e.